The summed E-state index contributed by atoms with van der Waals surface area (Å²) in [7, 11) is 1.72. The van der Waals surface area contributed by atoms with E-state index < -0.39 is 0 Å². The zero-order valence-electron chi connectivity index (χ0n) is 20.5. The third kappa shape index (κ3) is 6.57. The Kier molecular flexibility index (Phi) is 8.58. The number of anilines is 1. The number of hydrogen-bond donors (Lipinski definition) is 3. The number of pyridine rings is 1. The Hall–Kier alpha value is -4.99. The summed E-state index contributed by atoms with van der Waals surface area (Å²) in [6, 6.07) is 13.8. The smallest absolute Gasteiger partial charge is 0.140 e. The van der Waals surface area contributed by atoms with E-state index in [0.717, 1.165) is 45.3 Å². The quantitative estimate of drug-likeness (QED) is 0.214. The van der Waals surface area contributed by atoms with Crippen molar-refractivity contribution in [3.05, 3.63) is 90.8 Å². The van der Waals surface area contributed by atoms with E-state index in [-0.39, 0.29) is 0 Å². The standard InChI is InChI=1S/C27H29N9O/c1-30-17-22(15-29)21-5-3-20(4-6-21)16-32-26-14-24(34-19-35-26)25-18-33-27-13-23(7-11-36(25)27)37-12-10-31-9-2-8-28/h2-9,11,13-15,17-19H,10,12,16,28-29H2,1H3,(H,32,34,35). The number of fused-ring (bicyclic) bond motifs is 1. The van der Waals surface area contributed by atoms with Gasteiger partial charge in [0.2, 0.25) is 0 Å². The van der Waals surface area contributed by atoms with Crippen LogP contribution in [0.5, 0.6) is 5.75 Å². The lowest BCUT2D eigenvalue weighted by atomic mass is 10.1. The predicted octanol–water partition coefficient (Wildman–Crippen LogP) is 3.33. The molecule has 1 aromatic carbocycles. The van der Waals surface area contributed by atoms with Gasteiger partial charge < -0.3 is 21.5 Å². The second kappa shape index (κ2) is 12.6. The zero-order valence-corrected chi connectivity index (χ0v) is 20.5. The summed E-state index contributed by atoms with van der Waals surface area (Å²) in [6.07, 6.45) is 13.3. The fraction of sp³-hybridized carbons (Fsp3) is 0.148. The number of rotatable bonds is 11. The van der Waals surface area contributed by atoms with Gasteiger partial charge in [0.25, 0.3) is 0 Å². The van der Waals surface area contributed by atoms with Gasteiger partial charge in [-0.15, -0.1) is 0 Å². The van der Waals surface area contributed by atoms with Gasteiger partial charge in [0.15, 0.2) is 0 Å². The van der Waals surface area contributed by atoms with Crippen molar-refractivity contribution < 1.29 is 4.74 Å². The summed E-state index contributed by atoms with van der Waals surface area (Å²) in [5.74, 6) is 1.44. The highest BCUT2D eigenvalue weighted by Crippen LogP contribution is 2.23. The Balaban J connectivity index is 1.41. The summed E-state index contributed by atoms with van der Waals surface area (Å²) in [5.41, 5.74) is 16.3. The van der Waals surface area contributed by atoms with E-state index in [1.165, 1.54) is 6.20 Å². The van der Waals surface area contributed by atoms with Crippen molar-refractivity contribution >= 4 is 29.5 Å². The van der Waals surface area contributed by atoms with Crippen molar-refractivity contribution in [2.75, 3.05) is 25.5 Å². The minimum Gasteiger partial charge on any atom is -0.491 e. The Morgan fingerprint density at radius 2 is 1.97 bits per heavy atom. The van der Waals surface area contributed by atoms with Crippen LogP contribution >= 0.6 is 0 Å². The Morgan fingerprint density at radius 1 is 1.11 bits per heavy atom. The first-order valence-corrected chi connectivity index (χ1v) is 11.7. The molecule has 10 heteroatoms. The molecule has 188 valence electrons. The highest BCUT2D eigenvalue weighted by molar-refractivity contribution is 6.09. The number of allylic oxidation sites excluding steroid dienone is 2. The second-order valence-corrected chi connectivity index (χ2v) is 7.87. The SMILES string of the molecule is CN=CC(=CN)c1ccc(CNc2cc(-c3cnc4cc(OCCN=CC=CN)ccn34)ncn2)cc1. The number of hydrogen-bond acceptors (Lipinski definition) is 9. The molecule has 0 saturated carbocycles. The van der Waals surface area contributed by atoms with Gasteiger partial charge in [0.1, 0.15) is 30.1 Å². The van der Waals surface area contributed by atoms with Crippen molar-refractivity contribution in [1.29, 1.82) is 0 Å². The number of imidazole rings is 1. The van der Waals surface area contributed by atoms with Crippen LogP contribution in [0, 0.1) is 0 Å². The molecule has 3 aromatic heterocycles. The molecule has 0 aliphatic carbocycles. The average molecular weight is 496 g/mol. The van der Waals surface area contributed by atoms with Gasteiger partial charge >= 0.3 is 0 Å². The third-order valence-electron chi connectivity index (χ3n) is 5.41. The first kappa shape index (κ1) is 25.1. The van der Waals surface area contributed by atoms with Crippen molar-refractivity contribution in [2.24, 2.45) is 21.5 Å². The van der Waals surface area contributed by atoms with Crippen LogP contribution in [0.3, 0.4) is 0 Å². The molecule has 0 saturated heterocycles. The van der Waals surface area contributed by atoms with Crippen LogP contribution < -0.4 is 21.5 Å². The summed E-state index contributed by atoms with van der Waals surface area (Å²) in [5, 5.41) is 3.36. The molecule has 0 bridgehead atoms. The van der Waals surface area contributed by atoms with E-state index in [4.69, 9.17) is 16.2 Å². The molecule has 4 rings (SSSR count). The van der Waals surface area contributed by atoms with E-state index in [0.29, 0.717) is 19.7 Å². The molecule has 0 aliphatic rings. The molecule has 0 amide bonds. The van der Waals surface area contributed by atoms with E-state index in [9.17, 15) is 0 Å². The van der Waals surface area contributed by atoms with E-state index in [2.05, 4.69) is 30.3 Å². The highest BCUT2D eigenvalue weighted by atomic mass is 16.5. The molecular weight excluding hydrogens is 466 g/mol. The third-order valence-corrected chi connectivity index (χ3v) is 5.41. The van der Waals surface area contributed by atoms with Gasteiger partial charge in [0, 0.05) is 56.1 Å². The minimum atomic E-state index is 0.459. The molecule has 0 radical (unpaired) electrons. The molecule has 4 aromatic rings. The fourth-order valence-corrected chi connectivity index (χ4v) is 3.60. The van der Waals surface area contributed by atoms with Gasteiger partial charge in [-0.05, 0) is 29.5 Å². The molecule has 0 aliphatic heterocycles. The predicted molar refractivity (Wildman–Crippen MR) is 149 cm³/mol. The number of nitrogens with two attached hydrogens (primary N) is 2. The molecule has 0 spiro atoms. The summed E-state index contributed by atoms with van der Waals surface area (Å²) in [4.78, 5) is 21.5. The number of nitrogens with one attached hydrogen (secondary N) is 1. The second-order valence-electron chi connectivity index (χ2n) is 7.87. The number of aliphatic imine (C=N–C) groups is 2. The van der Waals surface area contributed by atoms with E-state index >= 15 is 0 Å². The number of ether oxygens (including phenoxy) is 1. The summed E-state index contributed by atoms with van der Waals surface area (Å²) < 4.78 is 7.73. The van der Waals surface area contributed by atoms with Crippen molar-refractivity contribution in [3.8, 4) is 17.1 Å². The maximum absolute atomic E-state index is 5.77. The Morgan fingerprint density at radius 3 is 2.76 bits per heavy atom. The maximum atomic E-state index is 5.77. The molecule has 0 atom stereocenters. The lowest BCUT2D eigenvalue weighted by molar-refractivity contribution is 0.329. The largest absolute Gasteiger partial charge is 0.491 e. The molecule has 0 unspecified atom stereocenters. The lowest BCUT2D eigenvalue weighted by Crippen LogP contribution is -2.03. The summed E-state index contributed by atoms with van der Waals surface area (Å²) >= 11 is 0. The molecular formula is C27H29N9O. The first-order valence-electron chi connectivity index (χ1n) is 11.7. The van der Waals surface area contributed by atoms with Crippen LogP contribution in [0.2, 0.25) is 0 Å². The van der Waals surface area contributed by atoms with Gasteiger partial charge in [-0.3, -0.25) is 14.4 Å². The number of nitrogens with zero attached hydrogens (tertiary/aromatic N) is 6. The number of aromatic nitrogens is 4. The monoisotopic (exact) mass is 495 g/mol. The van der Waals surface area contributed by atoms with E-state index in [1.54, 1.807) is 44.3 Å². The zero-order chi connectivity index (χ0) is 25.9. The number of benzene rings is 1. The minimum absolute atomic E-state index is 0.459. The van der Waals surface area contributed by atoms with Crippen LogP contribution in [0.25, 0.3) is 22.6 Å². The van der Waals surface area contributed by atoms with Crippen LogP contribution in [0.1, 0.15) is 11.1 Å². The molecule has 37 heavy (non-hydrogen) atoms. The molecule has 3 heterocycles. The van der Waals surface area contributed by atoms with Gasteiger partial charge in [-0.2, -0.15) is 0 Å². The van der Waals surface area contributed by atoms with Crippen molar-refractivity contribution in [2.45, 2.75) is 6.54 Å². The van der Waals surface area contributed by atoms with Crippen LogP contribution in [0.15, 0.2) is 89.6 Å². The average Bonchev–Trinajstić information content (AvgIpc) is 3.36. The lowest BCUT2D eigenvalue weighted by Gasteiger charge is -2.09. The molecule has 0 fully saturated rings. The van der Waals surface area contributed by atoms with Crippen LogP contribution in [-0.2, 0) is 6.54 Å². The normalized spacial score (nSPS) is 12.3. The van der Waals surface area contributed by atoms with Crippen LogP contribution in [0.4, 0.5) is 5.82 Å². The molecule has 5 N–H and O–H groups in total. The first-order chi connectivity index (χ1) is 18.2. The fourth-order valence-electron chi connectivity index (χ4n) is 3.60. The van der Waals surface area contributed by atoms with Gasteiger partial charge in [-0.1, -0.05) is 24.3 Å². The van der Waals surface area contributed by atoms with Gasteiger partial charge in [-0.25, -0.2) is 15.0 Å². The highest BCUT2D eigenvalue weighted by Gasteiger charge is 2.10. The Bertz CT molecular complexity index is 1440. The van der Waals surface area contributed by atoms with Gasteiger partial charge in [0.05, 0.1) is 24.1 Å². The van der Waals surface area contributed by atoms with E-state index in [1.807, 2.05) is 53.1 Å². The maximum Gasteiger partial charge on any atom is 0.140 e. The molecule has 10 nitrogen and oxygen atoms in total. The summed E-state index contributed by atoms with van der Waals surface area (Å²) in [6.45, 7) is 1.61. The van der Waals surface area contributed by atoms with Crippen LogP contribution in [-0.4, -0.2) is 52.0 Å². The topological polar surface area (TPSA) is 141 Å². The Labute approximate surface area is 215 Å². The van der Waals surface area contributed by atoms with Crippen molar-refractivity contribution in [3.63, 3.8) is 0 Å². The van der Waals surface area contributed by atoms with Crippen molar-refractivity contribution in [1.82, 2.24) is 19.4 Å².